The van der Waals surface area contributed by atoms with Gasteiger partial charge >= 0.3 is 0 Å². The molecule has 164 valence electrons. The van der Waals surface area contributed by atoms with E-state index in [1.165, 1.54) is 12.5 Å². The zero-order valence-electron chi connectivity index (χ0n) is 18.1. The fraction of sp³-hybridized carbons (Fsp3) is 0.160. The molecule has 7 nitrogen and oxygen atoms in total. The smallest absolute Gasteiger partial charge is 0.287 e. The summed E-state index contributed by atoms with van der Waals surface area (Å²) in [6.45, 7) is 6.00. The predicted octanol–water partition coefficient (Wildman–Crippen LogP) is 4.05. The Morgan fingerprint density at radius 2 is 1.69 bits per heavy atom. The quantitative estimate of drug-likeness (QED) is 0.305. The molecule has 32 heavy (non-hydrogen) atoms. The highest BCUT2D eigenvalue weighted by molar-refractivity contribution is 6.05. The molecule has 0 radical (unpaired) electrons. The highest BCUT2D eigenvalue weighted by Crippen LogP contribution is 2.16. The number of hydrazone groups is 1. The lowest BCUT2D eigenvalue weighted by Gasteiger charge is -2.20. The van der Waals surface area contributed by atoms with Gasteiger partial charge in [0, 0.05) is 24.3 Å². The van der Waals surface area contributed by atoms with Crippen LogP contribution in [0.2, 0.25) is 0 Å². The molecule has 0 aliphatic heterocycles. The van der Waals surface area contributed by atoms with Gasteiger partial charge in [0.2, 0.25) is 0 Å². The van der Waals surface area contributed by atoms with Crippen molar-refractivity contribution in [2.24, 2.45) is 5.10 Å². The first-order chi connectivity index (χ1) is 15.6. The van der Waals surface area contributed by atoms with Crippen LogP contribution in [0.25, 0.3) is 6.08 Å². The molecule has 0 fully saturated rings. The summed E-state index contributed by atoms with van der Waals surface area (Å²) < 4.78 is 5.15. The molecule has 0 spiro atoms. The van der Waals surface area contributed by atoms with Crippen molar-refractivity contribution >= 4 is 29.8 Å². The second-order valence-electron chi connectivity index (χ2n) is 6.86. The van der Waals surface area contributed by atoms with Gasteiger partial charge in [-0.25, -0.2) is 5.43 Å². The van der Waals surface area contributed by atoms with Crippen molar-refractivity contribution in [3.05, 3.63) is 95.6 Å². The minimum Gasteiger partial charge on any atom is -0.463 e. The third-order valence-corrected chi connectivity index (χ3v) is 4.76. The molecule has 2 aromatic carbocycles. The molecule has 2 N–H and O–H groups in total. The Morgan fingerprint density at radius 1 is 0.969 bits per heavy atom. The monoisotopic (exact) mass is 430 g/mol. The summed E-state index contributed by atoms with van der Waals surface area (Å²) in [5.41, 5.74) is 4.81. The van der Waals surface area contributed by atoms with Gasteiger partial charge in [0.1, 0.15) is 11.5 Å². The second-order valence-corrected chi connectivity index (χ2v) is 6.86. The summed E-state index contributed by atoms with van der Waals surface area (Å²) in [5, 5.41) is 6.59. The third kappa shape index (κ3) is 6.18. The molecule has 0 unspecified atom stereocenters. The van der Waals surface area contributed by atoms with Gasteiger partial charge in [-0.1, -0.05) is 30.3 Å². The normalized spacial score (nSPS) is 11.4. The first kappa shape index (κ1) is 22.6. The van der Waals surface area contributed by atoms with Crippen LogP contribution < -0.4 is 15.6 Å². The van der Waals surface area contributed by atoms with Gasteiger partial charge in [0.25, 0.3) is 11.8 Å². The third-order valence-electron chi connectivity index (χ3n) is 4.76. The lowest BCUT2D eigenvalue weighted by Crippen LogP contribution is -2.32. The van der Waals surface area contributed by atoms with Crippen molar-refractivity contribution in [2.45, 2.75) is 13.8 Å². The molecule has 0 atom stereocenters. The van der Waals surface area contributed by atoms with Crippen molar-refractivity contribution in [1.82, 2.24) is 10.7 Å². The number of nitrogens with one attached hydrogen (secondary N) is 2. The number of rotatable bonds is 9. The van der Waals surface area contributed by atoms with Crippen LogP contribution in [0.1, 0.15) is 35.5 Å². The minimum absolute atomic E-state index is 0.0750. The van der Waals surface area contributed by atoms with Crippen molar-refractivity contribution < 1.29 is 14.0 Å². The van der Waals surface area contributed by atoms with Crippen LogP contribution in [0.5, 0.6) is 0 Å². The fourth-order valence-electron chi connectivity index (χ4n) is 3.06. The highest BCUT2D eigenvalue weighted by atomic mass is 16.3. The van der Waals surface area contributed by atoms with E-state index in [9.17, 15) is 9.59 Å². The molecule has 0 aliphatic rings. The largest absolute Gasteiger partial charge is 0.463 e. The number of carbonyl (C=O) groups excluding carboxylic acids is 2. The van der Waals surface area contributed by atoms with Gasteiger partial charge < -0.3 is 14.6 Å². The number of hydrogen-bond acceptors (Lipinski definition) is 5. The Bertz CT molecular complexity index is 1070. The van der Waals surface area contributed by atoms with Crippen LogP contribution in [0.15, 0.2) is 88.2 Å². The summed E-state index contributed by atoms with van der Waals surface area (Å²) in [6.07, 6.45) is 4.51. The Morgan fingerprint density at radius 3 is 2.31 bits per heavy atom. The maximum Gasteiger partial charge on any atom is 0.287 e. The predicted molar refractivity (Wildman–Crippen MR) is 126 cm³/mol. The summed E-state index contributed by atoms with van der Waals surface area (Å²) in [7, 11) is 0. The highest BCUT2D eigenvalue weighted by Gasteiger charge is 2.14. The Kier molecular flexibility index (Phi) is 7.97. The molecule has 0 aliphatic carbocycles. The molecule has 7 heteroatoms. The Labute approximate surface area is 187 Å². The van der Waals surface area contributed by atoms with Gasteiger partial charge in [-0.2, -0.15) is 5.10 Å². The standard InChI is InChI=1S/C25H26N4O3/c1-3-29(4-2)21-14-12-19(13-15-21)17-23(27-24(30)20-9-6-5-7-10-20)25(31)28-26-18-22-11-8-16-32-22/h5-18H,3-4H2,1-2H3,(H,27,30)(H,28,31). The lowest BCUT2D eigenvalue weighted by molar-refractivity contribution is -0.117. The SMILES string of the molecule is CCN(CC)c1ccc(C=C(NC(=O)c2ccccc2)C(=O)NN=Cc2ccco2)cc1. The van der Waals surface area contributed by atoms with Crippen molar-refractivity contribution in [1.29, 1.82) is 0 Å². The number of nitrogens with zero attached hydrogens (tertiary/aromatic N) is 2. The summed E-state index contributed by atoms with van der Waals surface area (Å²) in [5.74, 6) is -0.442. The molecule has 0 bridgehead atoms. The number of amides is 2. The molecule has 1 heterocycles. The van der Waals surface area contributed by atoms with E-state index in [1.54, 1.807) is 42.5 Å². The van der Waals surface area contributed by atoms with E-state index in [4.69, 9.17) is 4.42 Å². The molecular weight excluding hydrogens is 404 g/mol. The second kappa shape index (κ2) is 11.3. The molecule has 3 aromatic rings. The maximum absolute atomic E-state index is 12.8. The zero-order chi connectivity index (χ0) is 22.8. The summed E-state index contributed by atoms with van der Waals surface area (Å²) in [4.78, 5) is 27.6. The first-order valence-electron chi connectivity index (χ1n) is 10.4. The van der Waals surface area contributed by atoms with Crippen LogP contribution in [0.4, 0.5) is 5.69 Å². The van der Waals surface area contributed by atoms with Gasteiger partial charge in [-0.15, -0.1) is 0 Å². The number of benzene rings is 2. The van der Waals surface area contributed by atoms with E-state index in [1.807, 2.05) is 30.3 Å². The van der Waals surface area contributed by atoms with Crippen LogP contribution in [-0.4, -0.2) is 31.1 Å². The van der Waals surface area contributed by atoms with E-state index in [0.29, 0.717) is 11.3 Å². The molecular formula is C25H26N4O3. The molecule has 0 saturated heterocycles. The zero-order valence-corrected chi connectivity index (χ0v) is 18.1. The number of furan rings is 1. The fourth-order valence-corrected chi connectivity index (χ4v) is 3.06. The average molecular weight is 431 g/mol. The Hall–Kier alpha value is -4.13. The minimum atomic E-state index is -0.551. The van der Waals surface area contributed by atoms with Gasteiger partial charge in [-0.05, 0) is 61.9 Å². The van der Waals surface area contributed by atoms with Crippen LogP contribution >= 0.6 is 0 Å². The lowest BCUT2D eigenvalue weighted by atomic mass is 10.1. The number of anilines is 1. The molecule has 1 aromatic heterocycles. The van der Waals surface area contributed by atoms with Crippen molar-refractivity contribution in [3.8, 4) is 0 Å². The topological polar surface area (TPSA) is 86.9 Å². The van der Waals surface area contributed by atoms with Gasteiger partial charge in [-0.3, -0.25) is 9.59 Å². The first-order valence-corrected chi connectivity index (χ1v) is 10.4. The van der Waals surface area contributed by atoms with E-state index < -0.39 is 5.91 Å². The molecule has 3 rings (SSSR count). The summed E-state index contributed by atoms with van der Waals surface area (Å²) in [6, 6.07) is 19.9. The number of hydrogen-bond donors (Lipinski definition) is 2. The summed E-state index contributed by atoms with van der Waals surface area (Å²) >= 11 is 0. The van der Waals surface area contributed by atoms with E-state index >= 15 is 0 Å². The van der Waals surface area contributed by atoms with Crippen LogP contribution in [0, 0.1) is 0 Å². The van der Waals surface area contributed by atoms with Gasteiger partial charge in [0.15, 0.2) is 0 Å². The maximum atomic E-state index is 12.8. The molecule has 0 saturated carbocycles. The van der Waals surface area contributed by atoms with E-state index in [0.717, 1.165) is 24.3 Å². The average Bonchev–Trinajstić information content (AvgIpc) is 3.34. The van der Waals surface area contributed by atoms with Crippen LogP contribution in [0.3, 0.4) is 0 Å². The van der Waals surface area contributed by atoms with Gasteiger partial charge in [0.05, 0.1) is 12.5 Å². The number of carbonyl (C=O) groups is 2. The van der Waals surface area contributed by atoms with Crippen molar-refractivity contribution in [2.75, 3.05) is 18.0 Å². The molecule has 2 amide bonds. The Balaban J connectivity index is 1.81. The van der Waals surface area contributed by atoms with E-state index in [2.05, 4.69) is 34.6 Å². The van der Waals surface area contributed by atoms with Crippen LogP contribution in [-0.2, 0) is 4.79 Å². The van der Waals surface area contributed by atoms with Crippen molar-refractivity contribution in [3.63, 3.8) is 0 Å². The van der Waals surface area contributed by atoms with E-state index in [-0.39, 0.29) is 11.6 Å².